The molecule has 0 radical (unpaired) electrons. The van der Waals surface area contributed by atoms with Crippen LogP contribution in [0.2, 0.25) is 0 Å². The number of benzene rings is 1. The number of carbonyl (C=O) groups is 3. The molecule has 0 saturated carbocycles. The van der Waals surface area contributed by atoms with Gasteiger partial charge in [0.1, 0.15) is 0 Å². The summed E-state index contributed by atoms with van der Waals surface area (Å²) in [4.78, 5) is 35.9. The van der Waals surface area contributed by atoms with Gasteiger partial charge in [0.15, 0.2) is 10.8 Å². The molecule has 2 N–H and O–H groups in total. The van der Waals surface area contributed by atoms with Crippen molar-refractivity contribution in [3.05, 3.63) is 51.9 Å². The number of anilines is 1. The maximum Gasteiger partial charge on any atom is 0.375 e. The maximum absolute atomic E-state index is 12.0. The van der Waals surface area contributed by atoms with Crippen LogP contribution in [0.25, 0.3) is 0 Å². The number of nitrogens with one attached hydrogen (secondary N) is 2. The first kappa shape index (κ1) is 19.7. The minimum Gasteiger partial charge on any atom is -0.447 e. The molecule has 1 aromatic heterocycles. The van der Waals surface area contributed by atoms with Crippen molar-refractivity contribution in [1.29, 1.82) is 0 Å². The largest absolute Gasteiger partial charge is 0.447 e. The van der Waals surface area contributed by atoms with E-state index in [4.69, 9.17) is 9.15 Å². The van der Waals surface area contributed by atoms with E-state index in [1.54, 1.807) is 6.07 Å². The first-order valence-electron chi connectivity index (χ1n) is 7.88. The van der Waals surface area contributed by atoms with Crippen LogP contribution in [0.3, 0.4) is 0 Å². The van der Waals surface area contributed by atoms with Crippen molar-refractivity contribution in [3.63, 3.8) is 0 Å². The summed E-state index contributed by atoms with van der Waals surface area (Å²) in [6, 6.07) is 8.63. The molecule has 1 atom stereocenters. The third-order valence-corrected chi connectivity index (χ3v) is 4.02. The minimum absolute atomic E-state index is 0.0238. The number of hydrogen-bond donors (Lipinski definition) is 2. The fourth-order valence-electron chi connectivity index (χ4n) is 2.20. The summed E-state index contributed by atoms with van der Waals surface area (Å²) in [5.41, 5.74) is 2.57. The first-order valence-corrected chi connectivity index (χ1v) is 8.67. The van der Waals surface area contributed by atoms with Gasteiger partial charge in [0.2, 0.25) is 11.7 Å². The smallest absolute Gasteiger partial charge is 0.375 e. The van der Waals surface area contributed by atoms with E-state index in [1.807, 2.05) is 32.0 Å². The molecule has 1 heterocycles. The lowest BCUT2D eigenvalue weighted by atomic mass is 10.1. The quantitative estimate of drug-likeness (QED) is 0.697. The standard InChI is InChI=1S/C18H19BrN2O5/c1-10-5-4-6-11(2)16(10)21-15(22)9-20-17(23)12(3)25-18(24)13-7-8-14(19)26-13/h4-8,12H,9H2,1-3H3,(H,20,23)(H,21,22)/t12-/m1/s1. The molecule has 0 spiro atoms. The van der Waals surface area contributed by atoms with Crippen LogP contribution in [0.15, 0.2) is 39.4 Å². The zero-order valence-electron chi connectivity index (χ0n) is 14.6. The summed E-state index contributed by atoms with van der Waals surface area (Å²) in [6.45, 7) is 4.95. The highest BCUT2D eigenvalue weighted by molar-refractivity contribution is 9.10. The summed E-state index contributed by atoms with van der Waals surface area (Å²) in [5, 5.41) is 5.20. The highest BCUT2D eigenvalue weighted by Crippen LogP contribution is 2.19. The summed E-state index contributed by atoms with van der Waals surface area (Å²) in [5.74, 6) is -1.74. The maximum atomic E-state index is 12.0. The predicted molar refractivity (Wildman–Crippen MR) is 98.8 cm³/mol. The van der Waals surface area contributed by atoms with Crippen molar-refractivity contribution in [2.45, 2.75) is 26.9 Å². The van der Waals surface area contributed by atoms with Crippen LogP contribution >= 0.6 is 15.9 Å². The highest BCUT2D eigenvalue weighted by Gasteiger charge is 2.21. The van der Waals surface area contributed by atoms with Gasteiger partial charge >= 0.3 is 5.97 Å². The molecule has 2 amide bonds. The molecule has 7 nitrogen and oxygen atoms in total. The first-order chi connectivity index (χ1) is 12.3. The van der Waals surface area contributed by atoms with E-state index < -0.39 is 18.0 Å². The molecule has 26 heavy (non-hydrogen) atoms. The number of halogens is 1. The summed E-state index contributed by atoms with van der Waals surface area (Å²) in [7, 11) is 0. The number of rotatable bonds is 6. The van der Waals surface area contributed by atoms with Crippen LogP contribution in [0.1, 0.15) is 28.6 Å². The molecular weight excluding hydrogens is 404 g/mol. The van der Waals surface area contributed by atoms with Gasteiger partial charge in [-0.1, -0.05) is 18.2 Å². The fraction of sp³-hybridized carbons (Fsp3) is 0.278. The molecule has 2 aromatic rings. The van der Waals surface area contributed by atoms with Crippen LogP contribution in [-0.2, 0) is 14.3 Å². The third kappa shape index (κ3) is 5.19. The molecule has 138 valence electrons. The highest BCUT2D eigenvalue weighted by atomic mass is 79.9. The van der Waals surface area contributed by atoms with E-state index in [0.29, 0.717) is 4.67 Å². The second-order valence-electron chi connectivity index (χ2n) is 5.68. The van der Waals surface area contributed by atoms with E-state index in [1.165, 1.54) is 13.0 Å². The van der Waals surface area contributed by atoms with Gasteiger partial charge in [-0.15, -0.1) is 0 Å². The van der Waals surface area contributed by atoms with Gasteiger partial charge in [0, 0.05) is 5.69 Å². The number of hydrogen-bond acceptors (Lipinski definition) is 5. The van der Waals surface area contributed by atoms with Crippen molar-refractivity contribution in [2.75, 3.05) is 11.9 Å². The van der Waals surface area contributed by atoms with Gasteiger partial charge in [0.05, 0.1) is 6.54 Å². The number of ether oxygens (including phenoxy) is 1. The molecular formula is C18H19BrN2O5. The molecule has 0 bridgehead atoms. The number of esters is 1. The number of aryl methyl sites for hydroxylation is 2. The van der Waals surface area contributed by atoms with Crippen LogP contribution in [0.4, 0.5) is 5.69 Å². The van der Waals surface area contributed by atoms with Crippen LogP contribution < -0.4 is 10.6 Å². The van der Waals surface area contributed by atoms with Crippen molar-refractivity contribution < 1.29 is 23.5 Å². The number of furan rings is 1. The van der Waals surface area contributed by atoms with Crippen LogP contribution in [0, 0.1) is 13.8 Å². The van der Waals surface area contributed by atoms with Gasteiger partial charge < -0.3 is 19.8 Å². The molecule has 0 fully saturated rings. The predicted octanol–water partition coefficient (Wildman–Crippen LogP) is 2.96. The molecule has 0 aliphatic heterocycles. The van der Waals surface area contributed by atoms with Crippen molar-refractivity contribution >= 4 is 39.4 Å². The monoisotopic (exact) mass is 422 g/mol. The lowest BCUT2D eigenvalue weighted by Gasteiger charge is -2.14. The van der Waals surface area contributed by atoms with Crippen LogP contribution in [0.5, 0.6) is 0 Å². The summed E-state index contributed by atoms with van der Waals surface area (Å²) < 4.78 is 10.4. The molecule has 0 aliphatic carbocycles. The Morgan fingerprint density at radius 3 is 2.38 bits per heavy atom. The zero-order valence-corrected chi connectivity index (χ0v) is 16.2. The molecule has 0 unspecified atom stereocenters. The molecule has 2 rings (SSSR count). The lowest BCUT2D eigenvalue weighted by Crippen LogP contribution is -2.40. The Labute approximate surface area is 159 Å². The van der Waals surface area contributed by atoms with Gasteiger partial charge in [0.25, 0.3) is 5.91 Å². The van der Waals surface area contributed by atoms with Gasteiger partial charge in [-0.3, -0.25) is 9.59 Å². The lowest BCUT2D eigenvalue weighted by molar-refractivity contribution is -0.130. The Morgan fingerprint density at radius 2 is 1.81 bits per heavy atom. The van der Waals surface area contributed by atoms with E-state index in [9.17, 15) is 14.4 Å². The Balaban J connectivity index is 1.83. The number of para-hydroxylation sites is 1. The SMILES string of the molecule is Cc1cccc(C)c1NC(=O)CNC(=O)[C@@H](C)OC(=O)c1ccc(Br)o1. The van der Waals surface area contributed by atoms with Gasteiger partial charge in [-0.05, 0) is 60.0 Å². The second-order valence-corrected chi connectivity index (χ2v) is 6.47. The molecule has 8 heteroatoms. The van der Waals surface area contributed by atoms with Crippen molar-refractivity contribution in [3.8, 4) is 0 Å². The Morgan fingerprint density at radius 1 is 1.15 bits per heavy atom. The fourth-order valence-corrected chi connectivity index (χ4v) is 2.51. The van der Waals surface area contributed by atoms with Crippen LogP contribution in [-0.4, -0.2) is 30.4 Å². The molecule has 1 aromatic carbocycles. The van der Waals surface area contributed by atoms with E-state index in [2.05, 4.69) is 26.6 Å². The third-order valence-electron chi connectivity index (χ3n) is 3.60. The minimum atomic E-state index is -1.07. The summed E-state index contributed by atoms with van der Waals surface area (Å²) in [6.07, 6.45) is -1.07. The number of amides is 2. The Kier molecular flexibility index (Phi) is 6.57. The number of carbonyl (C=O) groups excluding carboxylic acids is 3. The summed E-state index contributed by atoms with van der Waals surface area (Å²) >= 11 is 3.08. The Bertz CT molecular complexity index is 810. The van der Waals surface area contributed by atoms with Crippen molar-refractivity contribution in [2.24, 2.45) is 0 Å². The van der Waals surface area contributed by atoms with E-state index in [-0.39, 0.29) is 18.2 Å². The average Bonchev–Trinajstić information content (AvgIpc) is 3.02. The average molecular weight is 423 g/mol. The Hall–Kier alpha value is -2.61. The van der Waals surface area contributed by atoms with Gasteiger partial charge in [-0.2, -0.15) is 0 Å². The normalized spacial score (nSPS) is 11.5. The molecule has 0 aliphatic rings. The zero-order chi connectivity index (χ0) is 19.3. The van der Waals surface area contributed by atoms with Gasteiger partial charge in [-0.25, -0.2) is 4.79 Å². The second kappa shape index (κ2) is 8.66. The van der Waals surface area contributed by atoms with E-state index >= 15 is 0 Å². The van der Waals surface area contributed by atoms with E-state index in [0.717, 1.165) is 16.8 Å². The molecule has 0 saturated heterocycles. The van der Waals surface area contributed by atoms with Crippen molar-refractivity contribution in [1.82, 2.24) is 5.32 Å². The topological polar surface area (TPSA) is 97.6 Å².